The molecule has 3 rings (SSSR count). The first-order valence-corrected chi connectivity index (χ1v) is 7.77. The number of pyridine rings is 1. The molecule has 1 saturated heterocycles. The van der Waals surface area contributed by atoms with E-state index in [0.29, 0.717) is 10.7 Å². The van der Waals surface area contributed by atoms with Crippen molar-refractivity contribution in [2.45, 2.75) is 31.7 Å². The summed E-state index contributed by atoms with van der Waals surface area (Å²) >= 11 is 5.76. The molecular weight excluding hydrogens is 274 g/mol. The Balaban J connectivity index is 1.62. The fourth-order valence-corrected chi connectivity index (χ4v) is 3.05. The van der Waals surface area contributed by atoms with Gasteiger partial charge in [0.2, 0.25) is 0 Å². The summed E-state index contributed by atoms with van der Waals surface area (Å²) in [5, 5.41) is 0.425. The summed E-state index contributed by atoms with van der Waals surface area (Å²) < 4.78 is 0. The summed E-state index contributed by atoms with van der Waals surface area (Å²) in [6, 6.07) is 4.20. The highest BCUT2D eigenvalue weighted by Crippen LogP contribution is 2.25. The molecule has 20 heavy (non-hydrogen) atoms. The van der Waals surface area contributed by atoms with E-state index in [1.807, 2.05) is 4.90 Å². The smallest absolute Gasteiger partial charge is 0.255 e. The van der Waals surface area contributed by atoms with Gasteiger partial charge in [-0.3, -0.25) is 9.69 Å². The number of rotatable bonds is 2. The average molecular weight is 294 g/mol. The first-order chi connectivity index (χ1) is 9.74. The molecule has 0 aromatic carbocycles. The minimum absolute atomic E-state index is 0.0737. The molecule has 1 aliphatic heterocycles. The quantitative estimate of drug-likeness (QED) is 0.786. The van der Waals surface area contributed by atoms with Crippen LogP contribution >= 0.6 is 11.6 Å². The molecule has 1 aliphatic carbocycles. The summed E-state index contributed by atoms with van der Waals surface area (Å²) in [6.45, 7) is 3.77. The van der Waals surface area contributed by atoms with E-state index >= 15 is 0 Å². The highest BCUT2D eigenvalue weighted by Gasteiger charge is 2.27. The van der Waals surface area contributed by atoms with Gasteiger partial charge in [-0.15, -0.1) is 0 Å². The van der Waals surface area contributed by atoms with E-state index in [-0.39, 0.29) is 5.91 Å². The molecule has 0 N–H and O–H groups in total. The Morgan fingerprint density at radius 2 is 2.00 bits per heavy atom. The van der Waals surface area contributed by atoms with Gasteiger partial charge in [-0.25, -0.2) is 4.98 Å². The number of carbonyl (C=O) groups is 1. The van der Waals surface area contributed by atoms with Gasteiger partial charge in [-0.05, 0) is 31.4 Å². The molecular formula is C15H20ClN3O. The van der Waals surface area contributed by atoms with Crippen molar-refractivity contribution in [2.24, 2.45) is 0 Å². The molecule has 1 aromatic heterocycles. The molecule has 108 valence electrons. The van der Waals surface area contributed by atoms with Crippen LogP contribution in [0.2, 0.25) is 5.15 Å². The lowest BCUT2D eigenvalue weighted by molar-refractivity contribution is 0.0749. The molecule has 0 radical (unpaired) electrons. The van der Waals surface area contributed by atoms with Crippen LogP contribution < -0.4 is 0 Å². The number of nitrogens with zero attached hydrogens (tertiary/aromatic N) is 3. The lowest BCUT2D eigenvalue weighted by Crippen LogP contribution is -2.42. The molecule has 0 bridgehead atoms. The zero-order valence-electron chi connectivity index (χ0n) is 11.6. The van der Waals surface area contributed by atoms with E-state index < -0.39 is 0 Å². The number of carbonyl (C=O) groups excluding carboxylic acids is 1. The highest BCUT2D eigenvalue weighted by molar-refractivity contribution is 6.29. The van der Waals surface area contributed by atoms with Crippen molar-refractivity contribution in [2.75, 3.05) is 26.2 Å². The summed E-state index contributed by atoms with van der Waals surface area (Å²) in [5.74, 6) is 0.0737. The molecule has 5 heteroatoms. The lowest BCUT2D eigenvalue weighted by Gasteiger charge is -2.36. The number of amides is 1. The van der Waals surface area contributed by atoms with E-state index in [1.54, 1.807) is 18.3 Å². The average Bonchev–Trinajstić information content (AvgIpc) is 2.63. The Labute approximate surface area is 124 Å². The first kappa shape index (κ1) is 13.8. The number of halogens is 1. The molecule has 1 aromatic rings. The summed E-state index contributed by atoms with van der Waals surface area (Å²) in [4.78, 5) is 20.9. The maximum atomic E-state index is 12.4. The molecule has 1 amide bonds. The van der Waals surface area contributed by atoms with E-state index in [9.17, 15) is 4.79 Å². The zero-order valence-corrected chi connectivity index (χ0v) is 12.4. The Morgan fingerprint density at radius 1 is 1.15 bits per heavy atom. The van der Waals surface area contributed by atoms with Crippen LogP contribution in [-0.4, -0.2) is 52.9 Å². The summed E-state index contributed by atoms with van der Waals surface area (Å²) in [6.07, 6.45) is 6.65. The van der Waals surface area contributed by atoms with Crippen molar-refractivity contribution < 1.29 is 4.79 Å². The predicted molar refractivity (Wildman–Crippen MR) is 79.0 cm³/mol. The SMILES string of the molecule is O=C(c1ccc(Cl)nc1)N1CCCN(C2CCC2)CC1. The topological polar surface area (TPSA) is 36.4 Å². The number of hydrogen-bond donors (Lipinski definition) is 0. The van der Waals surface area contributed by atoms with Gasteiger partial charge in [0.1, 0.15) is 5.15 Å². The summed E-state index contributed by atoms with van der Waals surface area (Å²) in [7, 11) is 0. The second-order valence-electron chi connectivity index (χ2n) is 5.64. The van der Waals surface area contributed by atoms with Crippen LogP contribution in [0.25, 0.3) is 0 Å². The fraction of sp³-hybridized carbons (Fsp3) is 0.600. The van der Waals surface area contributed by atoms with E-state index in [0.717, 1.165) is 38.6 Å². The third kappa shape index (κ3) is 2.96. The third-order valence-corrected chi connectivity index (χ3v) is 4.61. The predicted octanol–water partition coefficient (Wildman–Crippen LogP) is 2.44. The Morgan fingerprint density at radius 3 is 2.65 bits per heavy atom. The molecule has 0 unspecified atom stereocenters. The fourth-order valence-electron chi connectivity index (χ4n) is 2.94. The van der Waals surface area contributed by atoms with Crippen LogP contribution in [0.4, 0.5) is 0 Å². The standard InChI is InChI=1S/C15H20ClN3O/c16-14-6-5-12(11-17-14)15(20)19-8-2-7-18(9-10-19)13-3-1-4-13/h5-6,11,13H,1-4,7-10H2. The van der Waals surface area contributed by atoms with Crippen molar-refractivity contribution in [3.05, 3.63) is 29.0 Å². The minimum atomic E-state index is 0.0737. The second-order valence-corrected chi connectivity index (χ2v) is 6.02. The largest absolute Gasteiger partial charge is 0.337 e. The Bertz CT molecular complexity index is 473. The van der Waals surface area contributed by atoms with Crippen molar-refractivity contribution in [1.29, 1.82) is 0 Å². The normalized spacial score (nSPS) is 21.4. The summed E-state index contributed by atoms with van der Waals surface area (Å²) in [5.41, 5.74) is 0.631. The van der Waals surface area contributed by atoms with Gasteiger partial charge in [0, 0.05) is 38.4 Å². The Hall–Kier alpha value is -1.13. The molecule has 0 spiro atoms. The number of hydrogen-bond acceptors (Lipinski definition) is 3. The molecule has 0 atom stereocenters. The van der Waals surface area contributed by atoms with Gasteiger partial charge in [0.05, 0.1) is 5.56 Å². The van der Waals surface area contributed by atoms with Crippen LogP contribution in [0.3, 0.4) is 0 Å². The maximum Gasteiger partial charge on any atom is 0.255 e. The van der Waals surface area contributed by atoms with Crippen molar-refractivity contribution in [1.82, 2.24) is 14.8 Å². The van der Waals surface area contributed by atoms with Crippen LogP contribution in [0.5, 0.6) is 0 Å². The van der Waals surface area contributed by atoms with Crippen LogP contribution in [-0.2, 0) is 0 Å². The van der Waals surface area contributed by atoms with Crippen molar-refractivity contribution >= 4 is 17.5 Å². The zero-order chi connectivity index (χ0) is 13.9. The van der Waals surface area contributed by atoms with E-state index in [1.165, 1.54) is 19.3 Å². The minimum Gasteiger partial charge on any atom is -0.337 e. The monoisotopic (exact) mass is 293 g/mol. The van der Waals surface area contributed by atoms with Gasteiger partial charge in [0.25, 0.3) is 5.91 Å². The van der Waals surface area contributed by atoms with Crippen LogP contribution in [0, 0.1) is 0 Å². The van der Waals surface area contributed by atoms with Crippen molar-refractivity contribution in [3.8, 4) is 0 Å². The Kier molecular flexibility index (Phi) is 4.22. The van der Waals surface area contributed by atoms with E-state index in [2.05, 4.69) is 9.88 Å². The lowest BCUT2D eigenvalue weighted by atomic mass is 9.91. The first-order valence-electron chi connectivity index (χ1n) is 7.39. The molecule has 1 saturated carbocycles. The van der Waals surface area contributed by atoms with Crippen LogP contribution in [0.15, 0.2) is 18.3 Å². The van der Waals surface area contributed by atoms with Gasteiger partial charge in [-0.1, -0.05) is 18.0 Å². The van der Waals surface area contributed by atoms with Gasteiger partial charge >= 0.3 is 0 Å². The second kappa shape index (κ2) is 6.10. The van der Waals surface area contributed by atoms with Crippen LogP contribution in [0.1, 0.15) is 36.0 Å². The molecule has 2 fully saturated rings. The maximum absolute atomic E-state index is 12.4. The third-order valence-electron chi connectivity index (χ3n) is 4.38. The van der Waals surface area contributed by atoms with Gasteiger partial charge in [0.15, 0.2) is 0 Å². The van der Waals surface area contributed by atoms with E-state index in [4.69, 9.17) is 11.6 Å². The molecule has 2 heterocycles. The molecule has 2 aliphatic rings. The van der Waals surface area contributed by atoms with Crippen molar-refractivity contribution in [3.63, 3.8) is 0 Å². The number of aromatic nitrogens is 1. The van der Waals surface area contributed by atoms with Gasteiger partial charge < -0.3 is 4.90 Å². The van der Waals surface area contributed by atoms with Gasteiger partial charge in [-0.2, -0.15) is 0 Å². The highest BCUT2D eigenvalue weighted by atomic mass is 35.5. The molecule has 4 nitrogen and oxygen atoms in total.